The van der Waals surface area contributed by atoms with Gasteiger partial charge in [-0.05, 0) is 38.6 Å². The highest BCUT2D eigenvalue weighted by Gasteiger charge is 2.33. The third kappa shape index (κ3) is 2.85. The Kier molecular flexibility index (Phi) is 4.66. The fraction of sp³-hybridized carbons (Fsp3) is 0.600. The first-order valence-electron chi connectivity index (χ1n) is 6.72. The van der Waals surface area contributed by atoms with Crippen LogP contribution in [-0.4, -0.2) is 34.0 Å². The van der Waals surface area contributed by atoms with E-state index >= 15 is 0 Å². The van der Waals surface area contributed by atoms with Crippen LogP contribution in [0, 0.1) is 5.92 Å². The van der Waals surface area contributed by atoms with Crippen molar-refractivity contribution < 1.29 is 14.2 Å². The number of methoxy groups -OCH3 is 2. The molecule has 0 aliphatic carbocycles. The van der Waals surface area contributed by atoms with Gasteiger partial charge in [0.1, 0.15) is 11.5 Å². The van der Waals surface area contributed by atoms with Crippen molar-refractivity contribution in [3.63, 3.8) is 0 Å². The first-order chi connectivity index (χ1) is 9.21. The molecular weight excluding hydrogens is 242 g/mol. The second-order valence-electron chi connectivity index (χ2n) is 4.90. The van der Waals surface area contributed by atoms with Gasteiger partial charge in [-0.3, -0.25) is 0 Å². The smallest absolute Gasteiger partial charge is 0.123 e. The van der Waals surface area contributed by atoms with E-state index in [1.807, 2.05) is 25.2 Å². The minimum absolute atomic E-state index is 0.211. The minimum atomic E-state index is 0.211. The van der Waals surface area contributed by atoms with Gasteiger partial charge in [-0.25, -0.2) is 0 Å². The largest absolute Gasteiger partial charge is 0.497 e. The molecule has 1 aliphatic rings. The molecule has 4 nitrogen and oxygen atoms in total. The average Bonchev–Trinajstić information content (AvgIpc) is 2.86. The number of benzene rings is 1. The van der Waals surface area contributed by atoms with Gasteiger partial charge >= 0.3 is 0 Å². The van der Waals surface area contributed by atoms with E-state index in [0.29, 0.717) is 5.92 Å². The molecule has 1 fully saturated rings. The van der Waals surface area contributed by atoms with Gasteiger partial charge in [0, 0.05) is 24.1 Å². The fourth-order valence-corrected chi connectivity index (χ4v) is 2.87. The summed E-state index contributed by atoms with van der Waals surface area (Å²) < 4.78 is 16.5. The Bertz CT molecular complexity index is 422. The van der Waals surface area contributed by atoms with Crippen LogP contribution in [0.2, 0.25) is 0 Å². The van der Waals surface area contributed by atoms with Gasteiger partial charge in [-0.2, -0.15) is 0 Å². The normalized spacial score (nSPS) is 24.2. The van der Waals surface area contributed by atoms with Gasteiger partial charge in [0.25, 0.3) is 0 Å². The molecule has 1 heterocycles. The molecule has 1 aromatic rings. The number of ether oxygens (including phenoxy) is 3. The summed E-state index contributed by atoms with van der Waals surface area (Å²) in [5, 5.41) is 3.40. The van der Waals surface area contributed by atoms with Gasteiger partial charge in [0.15, 0.2) is 0 Å². The highest BCUT2D eigenvalue weighted by Crippen LogP contribution is 2.38. The zero-order chi connectivity index (χ0) is 13.8. The Morgan fingerprint density at radius 1 is 1.32 bits per heavy atom. The number of hydrogen-bond acceptors (Lipinski definition) is 4. The lowest BCUT2D eigenvalue weighted by Gasteiger charge is -2.27. The lowest BCUT2D eigenvalue weighted by Crippen LogP contribution is -2.29. The second kappa shape index (κ2) is 6.26. The van der Waals surface area contributed by atoms with Crippen molar-refractivity contribution >= 4 is 0 Å². The van der Waals surface area contributed by atoms with Crippen LogP contribution in [0.1, 0.15) is 24.9 Å². The van der Waals surface area contributed by atoms with E-state index in [9.17, 15) is 0 Å². The Balaban J connectivity index is 2.35. The standard InChI is InChI=1S/C15H23NO3/c1-10-12(7-8-19-10)15(16-2)13-9-11(17-3)5-6-14(13)18-4/h5-6,9-10,12,15-16H,7-8H2,1-4H3. The SMILES string of the molecule is CNC(c1cc(OC)ccc1OC)C1CCOC1C. The van der Waals surface area contributed by atoms with Crippen molar-refractivity contribution in [2.75, 3.05) is 27.9 Å². The van der Waals surface area contributed by atoms with Crippen molar-refractivity contribution in [3.05, 3.63) is 23.8 Å². The van der Waals surface area contributed by atoms with E-state index in [1.54, 1.807) is 14.2 Å². The zero-order valence-corrected chi connectivity index (χ0v) is 12.1. The highest BCUT2D eigenvalue weighted by atomic mass is 16.5. The molecule has 1 saturated heterocycles. The predicted octanol–water partition coefficient (Wildman–Crippen LogP) is 2.39. The first kappa shape index (κ1) is 14.2. The maximum atomic E-state index is 5.69. The quantitative estimate of drug-likeness (QED) is 0.887. The molecule has 3 unspecified atom stereocenters. The summed E-state index contributed by atoms with van der Waals surface area (Å²) in [7, 11) is 5.36. The van der Waals surface area contributed by atoms with Gasteiger partial charge in [-0.1, -0.05) is 0 Å². The third-order valence-electron chi connectivity index (χ3n) is 3.95. The molecule has 0 bridgehead atoms. The molecule has 3 atom stereocenters. The highest BCUT2D eigenvalue weighted by molar-refractivity contribution is 5.42. The maximum absolute atomic E-state index is 5.69. The molecular formula is C15H23NO3. The van der Waals surface area contributed by atoms with E-state index in [1.165, 1.54) is 0 Å². The topological polar surface area (TPSA) is 39.7 Å². The summed E-state index contributed by atoms with van der Waals surface area (Å²) >= 11 is 0. The van der Waals surface area contributed by atoms with Crippen LogP contribution in [0.5, 0.6) is 11.5 Å². The van der Waals surface area contributed by atoms with E-state index < -0.39 is 0 Å². The van der Waals surface area contributed by atoms with Crippen LogP contribution in [-0.2, 0) is 4.74 Å². The monoisotopic (exact) mass is 265 g/mol. The van der Waals surface area contributed by atoms with Crippen LogP contribution in [0.3, 0.4) is 0 Å². The number of rotatable bonds is 5. The zero-order valence-electron chi connectivity index (χ0n) is 12.1. The molecule has 0 radical (unpaired) electrons. The van der Waals surface area contributed by atoms with E-state index in [4.69, 9.17) is 14.2 Å². The molecule has 1 aromatic carbocycles. The maximum Gasteiger partial charge on any atom is 0.123 e. The molecule has 2 rings (SSSR count). The lowest BCUT2D eigenvalue weighted by molar-refractivity contribution is 0.0959. The Hall–Kier alpha value is -1.26. The Labute approximate surface area is 115 Å². The summed E-state index contributed by atoms with van der Waals surface area (Å²) in [6.45, 7) is 2.96. The second-order valence-corrected chi connectivity index (χ2v) is 4.90. The number of nitrogens with one attached hydrogen (secondary N) is 1. The predicted molar refractivity (Wildman–Crippen MR) is 74.9 cm³/mol. The Morgan fingerprint density at radius 3 is 2.63 bits per heavy atom. The van der Waals surface area contributed by atoms with E-state index in [2.05, 4.69) is 12.2 Å². The molecule has 0 amide bonds. The summed E-state index contributed by atoms with van der Waals surface area (Å²) in [6.07, 6.45) is 1.32. The van der Waals surface area contributed by atoms with Gasteiger partial charge in [0.05, 0.1) is 20.3 Å². The van der Waals surface area contributed by atoms with Crippen molar-refractivity contribution in [3.8, 4) is 11.5 Å². The molecule has 1 N–H and O–H groups in total. The number of hydrogen-bond donors (Lipinski definition) is 1. The van der Waals surface area contributed by atoms with Crippen molar-refractivity contribution in [1.29, 1.82) is 0 Å². The van der Waals surface area contributed by atoms with E-state index in [-0.39, 0.29) is 12.1 Å². The fourth-order valence-electron chi connectivity index (χ4n) is 2.87. The Morgan fingerprint density at radius 2 is 2.11 bits per heavy atom. The van der Waals surface area contributed by atoms with E-state index in [0.717, 1.165) is 30.1 Å². The summed E-state index contributed by atoms with van der Waals surface area (Å²) in [6, 6.07) is 6.13. The van der Waals surface area contributed by atoms with Crippen molar-refractivity contribution in [1.82, 2.24) is 5.32 Å². The van der Waals surface area contributed by atoms with Gasteiger partial charge in [0.2, 0.25) is 0 Å². The van der Waals surface area contributed by atoms with Crippen molar-refractivity contribution in [2.45, 2.75) is 25.5 Å². The molecule has 4 heteroatoms. The van der Waals surface area contributed by atoms with Crippen LogP contribution in [0.25, 0.3) is 0 Å². The van der Waals surface area contributed by atoms with Crippen molar-refractivity contribution in [2.24, 2.45) is 5.92 Å². The average molecular weight is 265 g/mol. The summed E-state index contributed by atoms with van der Waals surface area (Å²) in [5.74, 6) is 2.19. The molecule has 0 aromatic heterocycles. The first-order valence-corrected chi connectivity index (χ1v) is 6.72. The van der Waals surface area contributed by atoms with Crippen LogP contribution in [0.4, 0.5) is 0 Å². The minimum Gasteiger partial charge on any atom is -0.497 e. The summed E-state index contributed by atoms with van der Waals surface area (Å²) in [4.78, 5) is 0. The molecule has 106 valence electrons. The molecule has 0 spiro atoms. The van der Waals surface area contributed by atoms with Gasteiger partial charge in [-0.15, -0.1) is 0 Å². The molecule has 0 saturated carbocycles. The van der Waals surface area contributed by atoms with Crippen LogP contribution < -0.4 is 14.8 Å². The summed E-state index contributed by atoms with van der Waals surface area (Å²) in [5.41, 5.74) is 1.13. The van der Waals surface area contributed by atoms with Crippen LogP contribution in [0.15, 0.2) is 18.2 Å². The lowest BCUT2D eigenvalue weighted by atomic mass is 9.88. The molecule has 19 heavy (non-hydrogen) atoms. The van der Waals surface area contributed by atoms with Crippen LogP contribution >= 0.6 is 0 Å². The third-order valence-corrected chi connectivity index (χ3v) is 3.95. The molecule has 1 aliphatic heterocycles. The van der Waals surface area contributed by atoms with Gasteiger partial charge < -0.3 is 19.5 Å².